The fourth-order valence-corrected chi connectivity index (χ4v) is 3.09. The number of aromatic nitrogens is 2. The molecule has 2 N–H and O–H groups in total. The summed E-state index contributed by atoms with van der Waals surface area (Å²) < 4.78 is 39.0. The van der Waals surface area contributed by atoms with E-state index >= 15 is 0 Å². The standard InChI is InChI=1S/C12H14FN3O2S/c13-10-6-11(14)8-12(7-10)19(17,18)5-1-3-16-4-2-15-9-16/h2,4,6-9H,1,3,5,14H2. The fourth-order valence-electron chi connectivity index (χ4n) is 1.74. The Balaban J connectivity index is 2.05. The quantitative estimate of drug-likeness (QED) is 0.843. The molecule has 0 radical (unpaired) electrons. The first-order chi connectivity index (χ1) is 8.97. The van der Waals surface area contributed by atoms with E-state index in [1.165, 1.54) is 6.07 Å². The topological polar surface area (TPSA) is 78.0 Å². The van der Waals surface area contributed by atoms with Gasteiger partial charge in [0.05, 0.1) is 17.0 Å². The predicted molar refractivity (Wildman–Crippen MR) is 69.7 cm³/mol. The van der Waals surface area contributed by atoms with Crippen molar-refractivity contribution in [2.75, 3.05) is 11.5 Å². The lowest BCUT2D eigenvalue weighted by Gasteiger charge is -2.06. The van der Waals surface area contributed by atoms with Gasteiger partial charge in [-0.15, -0.1) is 0 Å². The van der Waals surface area contributed by atoms with Crippen LogP contribution < -0.4 is 5.73 Å². The highest BCUT2D eigenvalue weighted by Gasteiger charge is 2.15. The molecule has 0 saturated heterocycles. The van der Waals surface area contributed by atoms with Crippen molar-refractivity contribution in [3.05, 3.63) is 42.7 Å². The monoisotopic (exact) mass is 283 g/mol. The molecular formula is C12H14FN3O2S. The summed E-state index contributed by atoms with van der Waals surface area (Å²) in [6.07, 6.45) is 5.43. The van der Waals surface area contributed by atoms with E-state index in [0.717, 1.165) is 12.1 Å². The van der Waals surface area contributed by atoms with E-state index in [1.54, 1.807) is 23.3 Å². The van der Waals surface area contributed by atoms with E-state index in [2.05, 4.69) is 4.98 Å². The van der Waals surface area contributed by atoms with Gasteiger partial charge >= 0.3 is 0 Å². The highest BCUT2D eigenvalue weighted by atomic mass is 32.2. The summed E-state index contributed by atoms with van der Waals surface area (Å²) in [5, 5.41) is 0. The molecule has 0 aliphatic carbocycles. The summed E-state index contributed by atoms with van der Waals surface area (Å²) in [6.45, 7) is 0.546. The summed E-state index contributed by atoms with van der Waals surface area (Å²) in [7, 11) is -3.51. The molecule has 0 unspecified atom stereocenters. The Morgan fingerprint density at radius 1 is 1.32 bits per heavy atom. The average Bonchev–Trinajstić information content (AvgIpc) is 2.80. The van der Waals surface area contributed by atoms with Gasteiger partial charge in [-0.05, 0) is 24.6 Å². The average molecular weight is 283 g/mol. The van der Waals surface area contributed by atoms with Crippen molar-refractivity contribution in [2.24, 2.45) is 0 Å². The van der Waals surface area contributed by atoms with Crippen molar-refractivity contribution in [3.8, 4) is 0 Å². The second-order valence-corrected chi connectivity index (χ2v) is 6.30. The molecule has 102 valence electrons. The zero-order valence-electron chi connectivity index (χ0n) is 10.2. The number of benzene rings is 1. The lowest BCUT2D eigenvalue weighted by molar-refractivity contribution is 0.582. The fraction of sp³-hybridized carbons (Fsp3) is 0.250. The summed E-state index contributed by atoms with van der Waals surface area (Å²) in [5.74, 6) is -0.707. The SMILES string of the molecule is Nc1cc(F)cc(S(=O)(=O)CCCn2ccnc2)c1. The van der Waals surface area contributed by atoms with Gasteiger partial charge in [-0.1, -0.05) is 0 Å². The zero-order chi connectivity index (χ0) is 13.9. The number of sulfone groups is 1. The van der Waals surface area contributed by atoms with Crippen LogP contribution in [0, 0.1) is 5.82 Å². The third kappa shape index (κ3) is 3.54. The normalized spacial score (nSPS) is 11.6. The molecule has 1 heterocycles. The Kier molecular flexibility index (Phi) is 3.84. The van der Waals surface area contributed by atoms with Crippen molar-refractivity contribution in [1.82, 2.24) is 9.55 Å². The van der Waals surface area contributed by atoms with Crippen molar-refractivity contribution < 1.29 is 12.8 Å². The Morgan fingerprint density at radius 2 is 2.11 bits per heavy atom. The van der Waals surface area contributed by atoms with Gasteiger partial charge in [-0.3, -0.25) is 0 Å². The minimum absolute atomic E-state index is 0.0614. The lowest BCUT2D eigenvalue weighted by atomic mass is 10.3. The first-order valence-corrected chi connectivity index (χ1v) is 7.37. The third-order valence-corrected chi connectivity index (χ3v) is 4.42. The second-order valence-electron chi connectivity index (χ2n) is 4.19. The number of nitrogen functional groups attached to an aromatic ring is 1. The van der Waals surface area contributed by atoms with E-state index in [-0.39, 0.29) is 16.3 Å². The van der Waals surface area contributed by atoms with E-state index in [9.17, 15) is 12.8 Å². The number of rotatable bonds is 5. The van der Waals surface area contributed by atoms with Gasteiger partial charge in [0, 0.05) is 24.6 Å². The van der Waals surface area contributed by atoms with Crippen LogP contribution in [0.2, 0.25) is 0 Å². The zero-order valence-corrected chi connectivity index (χ0v) is 11.0. The Labute approximate surface area is 110 Å². The first kappa shape index (κ1) is 13.5. The number of aryl methyl sites for hydroxylation is 1. The van der Waals surface area contributed by atoms with Gasteiger partial charge < -0.3 is 10.3 Å². The van der Waals surface area contributed by atoms with Crippen LogP contribution >= 0.6 is 0 Å². The Hall–Kier alpha value is -1.89. The van der Waals surface area contributed by atoms with Crippen LogP contribution in [0.3, 0.4) is 0 Å². The lowest BCUT2D eigenvalue weighted by Crippen LogP contribution is -2.10. The van der Waals surface area contributed by atoms with Crippen LogP contribution in [0.15, 0.2) is 41.8 Å². The molecule has 1 aromatic heterocycles. The van der Waals surface area contributed by atoms with Gasteiger partial charge in [0.25, 0.3) is 0 Å². The summed E-state index contributed by atoms with van der Waals surface area (Å²) in [4.78, 5) is 3.79. The van der Waals surface area contributed by atoms with Crippen LogP contribution in [0.1, 0.15) is 6.42 Å². The van der Waals surface area contributed by atoms with Crippen molar-refractivity contribution in [1.29, 1.82) is 0 Å². The van der Waals surface area contributed by atoms with Gasteiger partial charge in [-0.25, -0.2) is 17.8 Å². The number of nitrogens with two attached hydrogens (primary N) is 1. The molecule has 19 heavy (non-hydrogen) atoms. The number of halogens is 1. The van der Waals surface area contributed by atoms with Crippen molar-refractivity contribution in [2.45, 2.75) is 17.9 Å². The minimum Gasteiger partial charge on any atom is -0.399 e. The molecule has 5 nitrogen and oxygen atoms in total. The number of nitrogens with zero attached hydrogens (tertiary/aromatic N) is 2. The molecule has 0 bridgehead atoms. The first-order valence-electron chi connectivity index (χ1n) is 5.72. The highest BCUT2D eigenvalue weighted by molar-refractivity contribution is 7.91. The number of hydrogen-bond donors (Lipinski definition) is 1. The number of anilines is 1. The molecule has 0 fully saturated rings. The van der Waals surface area contributed by atoms with Gasteiger partial charge in [0.1, 0.15) is 5.82 Å². The third-order valence-electron chi connectivity index (χ3n) is 2.64. The summed E-state index contributed by atoms with van der Waals surface area (Å²) in [5.41, 5.74) is 5.55. The van der Waals surface area contributed by atoms with E-state index in [4.69, 9.17) is 5.73 Å². The van der Waals surface area contributed by atoms with Gasteiger partial charge in [-0.2, -0.15) is 0 Å². The number of imidazole rings is 1. The molecule has 1 aromatic carbocycles. The van der Waals surface area contributed by atoms with Crippen molar-refractivity contribution >= 4 is 15.5 Å². The maximum absolute atomic E-state index is 13.1. The van der Waals surface area contributed by atoms with Crippen LogP contribution in [0.25, 0.3) is 0 Å². The molecule has 2 aromatic rings. The van der Waals surface area contributed by atoms with Crippen LogP contribution in [-0.4, -0.2) is 23.7 Å². The van der Waals surface area contributed by atoms with E-state index in [0.29, 0.717) is 13.0 Å². The molecular weight excluding hydrogens is 269 g/mol. The smallest absolute Gasteiger partial charge is 0.178 e. The maximum Gasteiger partial charge on any atom is 0.178 e. The number of hydrogen-bond acceptors (Lipinski definition) is 4. The second kappa shape index (κ2) is 5.40. The van der Waals surface area contributed by atoms with E-state index < -0.39 is 15.7 Å². The summed E-state index contributed by atoms with van der Waals surface area (Å²) >= 11 is 0. The Morgan fingerprint density at radius 3 is 2.74 bits per heavy atom. The van der Waals surface area contributed by atoms with Gasteiger partial charge in [0.2, 0.25) is 0 Å². The van der Waals surface area contributed by atoms with Crippen LogP contribution in [0.5, 0.6) is 0 Å². The summed E-state index contributed by atoms with van der Waals surface area (Å²) in [6, 6.07) is 3.35. The molecule has 7 heteroatoms. The predicted octanol–water partition coefficient (Wildman–Crippen LogP) is 1.47. The molecule has 2 rings (SSSR count). The highest BCUT2D eigenvalue weighted by Crippen LogP contribution is 2.18. The molecule has 0 aliphatic rings. The molecule has 0 saturated carbocycles. The minimum atomic E-state index is -3.51. The largest absolute Gasteiger partial charge is 0.399 e. The Bertz CT molecular complexity index is 633. The van der Waals surface area contributed by atoms with Crippen LogP contribution in [0.4, 0.5) is 10.1 Å². The molecule has 0 atom stereocenters. The van der Waals surface area contributed by atoms with Gasteiger partial charge in [0.15, 0.2) is 9.84 Å². The van der Waals surface area contributed by atoms with Crippen molar-refractivity contribution in [3.63, 3.8) is 0 Å². The van der Waals surface area contributed by atoms with Crippen LogP contribution in [-0.2, 0) is 16.4 Å². The van der Waals surface area contributed by atoms with E-state index in [1.807, 2.05) is 0 Å². The molecule has 0 spiro atoms. The maximum atomic E-state index is 13.1. The molecule has 0 aliphatic heterocycles. The molecule has 0 amide bonds.